The first-order valence-electron chi connectivity index (χ1n) is 5.71. The molecular formula is C12H21NOS. The fourth-order valence-corrected chi connectivity index (χ4v) is 2.41. The van der Waals surface area contributed by atoms with Gasteiger partial charge in [0.15, 0.2) is 0 Å². The summed E-state index contributed by atoms with van der Waals surface area (Å²) in [6, 6.07) is 2.50. The number of nitrogens with one attached hydrogen (secondary N) is 1. The monoisotopic (exact) mass is 227 g/mol. The molecule has 15 heavy (non-hydrogen) atoms. The van der Waals surface area contributed by atoms with Gasteiger partial charge in [0.1, 0.15) is 0 Å². The summed E-state index contributed by atoms with van der Waals surface area (Å²) in [5, 5.41) is 3.55. The van der Waals surface area contributed by atoms with Crippen LogP contribution in [-0.2, 0) is 0 Å². The molecule has 0 spiro atoms. The first-order valence-corrected chi connectivity index (χ1v) is 6.87. The molecule has 1 unspecified atom stereocenters. The molecule has 0 saturated heterocycles. The Kier molecular flexibility index (Phi) is 6.60. The molecule has 0 aliphatic carbocycles. The molecule has 1 N–H and O–H groups in total. The van der Waals surface area contributed by atoms with E-state index in [2.05, 4.69) is 25.2 Å². The lowest BCUT2D eigenvalue weighted by atomic mass is 10.2. The third-order valence-corrected chi connectivity index (χ3v) is 3.49. The summed E-state index contributed by atoms with van der Waals surface area (Å²) in [5.41, 5.74) is 1.27. The number of hydrogen-bond acceptors (Lipinski definition) is 3. The van der Waals surface area contributed by atoms with Gasteiger partial charge in [-0.2, -0.15) is 11.8 Å². The van der Waals surface area contributed by atoms with Crippen molar-refractivity contribution in [1.82, 2.24) is 5.32 Å². The van der Waals surface area contributed by atoms with Crippen molar-refractivity contribution >= 4 is 11.8 Å². The van der Waals surface area contributed by atoms with Crippen LogP contribution in [0, 0.1) is 0 Å². The molecule has 1 atom stereocenters. The minimum Gasteiger partial charge on any atom is -0.472 e. The Bertz CT molecular complexity index is 236. The predicted octanol–water partition coefficient (Wildman–Crippen LogP) is 3.46. The van der Waals surface area contributed by atoms with E-state index in [1.54, 1.807) is 6.26 Å². The molecule has 1 heterocycles. The molecule has 86 valence electrons. The second-order valence-electron chi connectivity index (χ2n) is 3.64. The largest absolute Gasteiger partial charge is 0.472 e. The summed E-state index contributed by atoms with van der Waals surface area (Å²) in [4.78, 5) is 0. The summed E-state index contributed by atoms with van der Waals surface area (Å²) in [6.07, 6.45) is 6.02. The Labute approximate surface area is 96.8 Å². The van der Waals surface area contributed by atoms with Crippen molar-refractivity contribution in [2.75, 3.05) is 18.1 Å². The van der Waals surface area contributed by atoms with Gasteiger partial charge in [-0.1, -0.05) is 13.8 Å². The first-order chi connectivity index (χ1) is 7.38. The molecule has 3 heteroatoms. The molecule has 0 aliphatic heterocycles. The third-order valence-electron chi connectivity index (χ3n) is 2.22. The SMILES string of the molecule is CCCNC(CSCCC)c1ccoc1. The summed E-state index contributed by atoms with van der Waals surface area (Å²) in [7, 11) is 0. The van der Waals surface area contributed by atoms with Gasteiger partial charge in [-0.3, -0.25) is 0 Å². The van der Waals surface area contributed by atoms with Gasteiger partial charge in [-0.15, -0.1) is 0 Å². The number of hydrogen-bond donors (Lipinski definition) is 1. The average molecular weight is 227 g/mol. The molecule has 0 amide bonds. The smallest absolute Gasteiger partial charge is 0.0950 e. The fourth-order valence-electron chi connectivity index (χ4n) is 1.41. The van der Waals surface area contributed by atoms with Crippen molar-refractivity contribution in [3.63, 3.8) is 0 Å². The van der Waals surface area contributed by atoms with Crippen molar-refractivity contribution in [2.45, 2.75) is 32.7 Å². The molecular weight excluding hydrogens is 206 g/mol. The van der Waals surface area contributed by atoms with Gasteiger partial charge in [0.2, 0.25) is 0 Å². The molecule has 0 radical (unpaired) electrons. The van der Waals surface area contributed by atoms with Crippen LogP contribution in [0.4, 0.5) is 0 Å². The normalized spacial score (nSPS) is 12.9. The number of rotatable bonds is 8. The zero-order valence-corrected chi connectivity index (χ0v) is 10.5. The Morgan fingerprint density at radius 2 is 2.27 bits per heavy atom. The van der Waals surface area contributed by atoms with Crippen molar-refractivity contribution in [3.8, 4) is 0 Å². The molecule has 0 bridgehead atoms. The molecule has 0 aromatic carbocycles. The van der Waals surface area contributed by atoms with Crippen LogP contribution >= 0.6 is 11.8 Å². The maximum atomic E-state index is 5.13. The Balaban J connectivity index is 2.39. The standard InChI is InChI=1S/C12H21NOS/c1-3-6-13-12(10-15-8-4-2)11-5-7-14-9-11/h5,7,9,12-13H,3-4,6,8,10H2,1-2H3. The lowest BCUT2D eigenvalue weighted by Gasteiger charge is -2.16. The Morgan fingerprint density at radius 1 is 1.40 bits per heavy atom. The van der Waals surface area contributed by atoms with Crippen LogP contribution < -0.4 is 5.32 Å². The van der Waals surface area contributed by atoms with Crippen LogP contribution in [0.1, 0.15) is 38.3 Å². The van der Waals surface area contributed by atoms with Crippen LogP contribution in [0.3, 0.4) is 0 Å². The Morgan fingerprint density at radius 3 is 2.87 bits per heavy atom. The second kappa shape index (κ2) is 7.83. The van der Waals surface area contributed by atoms with Crippen LogP contribution in [0.2, 0.25) is 0 Å². The van der Waals surface area contributed by atoms with E-state index in [4.69, 9.17) is 4.42 Å². The summed E-state index contributed by atoms with van der Waals surface area (Å²) in [5.74, 6) is 2.37. The van der Waals surface area contributed by atoms with E-state index < -0.39 is 0 Å². The van der Waals surface area contributed by atoms with E-state index in [0.29, 0.717) is 6.04 Å². The number of thioether (sulfide) groups is 1. The second-order valence-corrected chi connectivity index (χ2v) is 4.79. The van der Waals surface area contributed by atoms with Gasteiger partial charge < -0.3 is 9.73 Å². The van der Waals surface area contributed by atoms with Gasteiger partial charge in [0.05, 0.1) is 12.5 Å². The molecule has 1 rings (SSSR count). The van der Waals surface area contributed by atoms with E-state index >= 15 is 0 Å². The van der Waals surface area contributed by atoms with E-state index in [1.165, 1.54) is 24.2 Å². The van der Waals surface area contributed by atoms with E-state index in [1.807, 2.05) is 18.0 Å². The maximum Gasteiger partial charge on any atom is 0.0950 e. The van der Waals surface area contributed by atoms with E-state index in [9.17, 15) is 0 Å². The topological polar surface area (TPSA) is 25.2 Å². The van der Waals surface area contributed by atoms with Gasteiger partial charge in [-0.25, -0.2) is 0 Å². The highest BCUT2D eigenvalue weighted by atomic mass is 32.2. The lowest BCUT2D eigenvalue weighted by Crippen LogP contribution is -2.23. The van der Waals surface area contributed by atoms with Gasteiger partial charge in [-0.05, 0) is 31.2 Å². The average Bonchev–Trinajstić information content (AvgIpc) is 2.76. The van der Waals surface area contributed by atoms with Crippen LogP contribution in [0.25, 0.3) is 0 Å². The molecule has 0 saturated carbocycles. The quantitative estimate of drug-likeness (QED) is 0.688. The van der Waals surface area contributed by atoms with E-state index in [-0.39, 0.29) is 0 Å². The summed E-state index contributed by atoms with van der Waals surface area (Å²) < 4.78 is 5.13. The molecule has 1 aromatic heterocycles. The molecule has 2 nitrogen and oxygen atoms in total. The van der Waals surface area contributed by atoms with Crippen molar-refractivity contribution in [3.05, 3.63) is 24.2 Å². The van der Waals surface area contributed by atoms with Crippen molar-refractivity contribution in [2.24, 2.45) is 0 Å². The third kappa shape index (κ3) is 4.76. The molecule has 0 aliphatic rings. The van der Waals surface area contributed by atoms with Gasteiger partial charge in [0.25, 0.3) is 0 Å². The molecule has 1 aromatic rings. The maximum absolute atomic E-state index is 5.13. The lowest BCUT2D eigenvalue weighted by molar-refractivity contribution is 0.540. The minimum absolute atomic E-state index is 0.445. The highest BCUT2D eigenvalue weighted by Crippen LogP contribution is 2.19. The van der Waals surface area contributed by atoms with Gasteiger partial charge >= 0.3 is 0 Å². The number of furan rings is 1. The highest BCUT2D eigenvalue weighted by Gasteiger charge is 2.11. The summed E-state index contributed by atoms with van der Waals surface area (Å²) >= 11 is 2.01. The molecule has 0 fully saturated rings. The predicted molar refractivity (Wildman–Crippen MR) is 67.4 cm³/mol. The minimum atomic E-state index is 0.445. The zero-order valence-electron chi connectivity index (χ0n) is 9.66. The summed E-state index contributed by atoms with van der Waals surface area (Å²) in [6.45, 7) is 5.49. The van der Waals surface area contributed by atoms with Crippen LogP contribution in [-0.4, -0.2) is 18.1 Å². The van der Waals surface area contributed by atoms with Crippen LogP contribution in [0.5, 0.6) is 0 Å². The van der Waals surface area contributed by atoms with E-state index in [0.717, 1.165) is 12.3 Å². The van der Waals surface area contributed by atoms with Gasteiger partial charge in [0, 0.05) is 17.4 Å². The highest BCUT2D eigenvalue weighted by molar-refractivity contribution is 7.99. The van der Waals surface area contributed by atoms with Crippen LogP contribution in [0.15, 0.2) is 23.0 Å². The fraction of sp³-hybridized carbons (Fsp3) is 0.667. The first kappa shape index (κ1) is 12.7. The Hall–Kier alpha value is -0.410. The van der Waals surface area contributed by atoms with Crippen molar-refractivity contribution < 1.29 is 4.42 Å². The van der Waals surface area contributed by atoms with Crippen molar-refractivity contribution in [1.29, 1.82) is 0 Å². The zero-order chi connectivity index (χ0) is 10.9.